The summed E-state index contributed by atoms with van der Waals surface area (Å²) in [5, 5.41) is 3.09. The zero-order valence-electron chi connectivity index (χ0n) is 33.5. The molecule has 0 aliphatic carbocycles. The Morgan fingerprint density at radius 2 is 1.76 bits per heavy atom. The molecule has 6 heterocycles. The predicted molar refractivity (Wildman–Crippen MR) is 226 cm³/mol. The minimum atomic E-state index is -4.36. The second-order valence-electron chi connectivity index (χ2n) is 15.9. The maximum atomic E-state index is 15.7. The number of hydrogen-bond acceptors (Lipinski definition) is 9. The van der Waals surface area contributed by atoms with E-state index in [1.165, 1.54) is 6.20 Å². The summed E-state index contributed by atoms with van der Waals surface area (Å²) >= 11 is 0. The molecule has 2 aromatic heterocycles. The minimum absolute atomic E-state index is 0.000661. The zero-order valence-corrected chi connectivity index (χ0v) is 34.3. The lowest BCUT2D eigenvalue weighted by Crippen LogP contribution is -2.49. The minimum Gasteiger partial charge on any atom is -0.492 e. The number of benzene rings is 3. The molecule has 0 bridgehead atoms. The molecule has 0 saturated carbocycles. The van der Waals surface area contributed by atoms with Crippen LogP contribution in [0.25, 0.3) is 22.2 Å². The highest BCUT2D eigenvalue weighted by Crippen LogP contribution is 2.33. The van der Waals surface area contributed by atoms with Crippen molar-refractivity contribution in [3.05, 3.63) is 119 Å². The molecule has 322 valence electrons. The second kappa shape index (κ2) is 16.6. The molecule has 18 heteroatoms. The number of ether oxygens (including phenoxy) is 1. The number of ketones is 1. The fourth-order valence-electron chi connectivity index (χ4n) is 8.54. The molecule has 0 spiro atoms. The van der Waals surface area contributed by atoms with E-state index in [1.54, 1.807) is 17.2 Å². The number of fused-ring (bicyclic) bond motifs is 2. The van der Waals surface area contributed by atoms with Crippen molar-refractivity contribution in [3.8, 4) is 16.9 Å². The number of nitrogens with one attached hydrogen (secondary N) is 3. The second-order valence-corrected chi connectivity index (χ2v) is 17.6. The maximum Gasteiger partial charge on any atom is 0.301 e. The molecule has 14 nitrogen and oxygen atoms in total. The number of H-pyrrole nitrogens is 1. The van der Waals surface area contributed by atoms with Crippen LogP contribution in [-0.2, 0) is 21.5 Å². The largest absolute Gasteiger partial charge is 0.492 e. The lowest BCUT2D eigenvalue weighted by Gasteiger charge is -2.36. The van der Waals surface area contributed by atoms with E-state index in [0.29, 0.717) is 59.6 Å². The summed E-state index contributed by atoms with van der Waals surface area (Å²) < 4.78 is 78.9. The van der Waals surface area contributed by atoms with Gasteiger partial charge in [-0.25, -0.2) is 18.2 Å². The number of piperazine rings is 1. The molecule has 4 aliphatic heterocycles. The Bertz CT molecular complexity index is 2720. The number of anilines is 2. The van der Waals surface area contributed by atoms with Crippen LogP contribution in [0.1, 0.15) is 51.1 Å². The van der Waals surface area contributed by atoms with E-state index in [2.05, 4.69) is 37.7 Å². The van der Waals surface area contributed by atoms with Gasteiger partial charge in [0.15, 0.2) is 5.82 Å². The van der Waals surface area contributed by atoms with Gasteiger partial charge < -0.3 is 24.8 Å². The summed E-state index contributed by atoms with van der Waals surface area (Å²) in [6.07, 6.45) is 2.77. The summed E-state index contributed by atoms with van der Waals surface area (Å²) in [6, 6.07) is 16.1. The molecule has 0 radical (unpaired) electrons. The van der Waals surface area contributed by atoms with E-state index in [1.807, 2.05) is 41.1 Å². The molecule has 9 rings (SSSR count). The number of alkyl halides is 1. The first-order chi connectivity index (χ1) is 29.8. The first kappa shape index (κ1) is 41.1. The Kier molecular flexibility index (Phi) is 11.0. The van der Waals surface area contributed by atoms with Gasteiger partial charge in [0.1, 0.15) is 36.0 Å². The monoisotopic (exact) mass is 868 g/mol. The molecule has 5 aromatic rings. The van der Waals surface area contributed by atoms with Crippen LogP contribution in [0.2, 0.25) is 0 Å². The molecule has 62 heavy (non-hydrogen) atoms. The number of carbonyl (C=O) groups is 3. The van der Waals surface area contributed by atoms with Gasteiger partial charge in [-0.3, -0.25) is 24.0 Å². The van der Waals surface area contributed by atoms with E-state index < -0.39 is 57.6 Å². The average Bonchev–Trinajstić information content (AvgIpc) is 3.99. The molecule has 3 saturated heterocycles. The van der Waals surface area contributed by atoms with Crippen LogP contribution in [0, 0.1) is 11.6 Å². The molecular formula is C44H43F3N8O6S. The Balaban J connectivity index is 0.791. The Morgan fingerprint density at radius 1 is 0.968 bits per heavy atom. The lowest BCUT2D eigenvalue weighted by atomic mass is 10.00. The number of carbonyl (C=O) groups excluding carboxylic acids is 3. The SMILES string of the molecule is C=C1CCC(N2Cc3cc(N4CCN(CCOc5ccc(-c6cnc7[nH]cc(C(=O)c8c(F)ccc(NS(=O)(=O)N9CC[C@@H](F)C9)c8F)c7c6)cc5)CC4)ccc3C2=O)C(=O)N1. The molecule has 2 amide bonds. The van der Waals surface area contributed by atoms with Gasteiger partial charge in [0.25, 0.3) is 5.91 Å². The van der Waals surface area contributed by atoms with Gasteiger partial charge in [-0.15, -0.1) is 0 Å². The van der Waals surface area contributed by atoms with E-state index in [9.17, 15) is 27.2 Å². The van der Waals surface area contributed by atoms with Gasteiger partial charge in [0, 0.05) is 98.2 Å². The van der Waals surface area contributed by atoms with Crippen LogP contribution in [0.5, 0.6) is 5.75 Å². The van der Waals surface area contributed by atoms with Crippen molar-refractivity contribution in [3.63, 3.8) is 0 Å². The number of aromatic amines is 1. The topological polar surface area (TPSA) is 160 Å². The summed E-state index contributed by atoms with van der Waals surface area (Å²) in [6.45, 7) is 8.23. The molecule has 4 aliphatic rings. The van der Waals surface area contributed by atoms with Crippen molar-refractivity contribution in [2.75, 3.05) is 62.0 Å². The number of halogens is 3. The number of aromatic nitrogens is 2. The maximum absolute atomic E-state index is 15.7. The quantitative estimate of drug-likeness (QED) is 0.140. The van der Waals surface area contributed by atoms with E-state index in [0.717, 1.165) is 66.0 Å². The summed E-state index contributed by atoms with van der Waals surface area (Å²) in [5.74, 6) is -3.23. The van der Waals surface area contributed by atoms with Gasteiger partial charge in [-0.2, -0.15) is 12.7 Å². The third-order valence-electron chi connectivity index (χ3n) is 12.0. The Morgan fingerprint density at radius 3 is 2.50 bits per heavy atom. The number of piperidine rings is 1. The summed E-state index contributed by atoms with van der Waals surface area (Å²) in [4.78, 5) is 53.0. The highest BCUT2D eigenvalue weighted by atomic mass is 32.2. The summed E-state index contributed by atoms with van der Waals surface area (Å²) in [7, 11) is -4.36. The standard InChI is InChI=1S/C44H43F3N8O6S/c1-26-2-11-38(43(57)50-26)55-24-29-20-31(5-8-33(29)44(55)58)53-16-14-52(15-17-53)18-19-61-32-6-3-27(4-7-32)28-21-34-35(23-49-42(34)48-22-28)41(56)39-36(46)9-10-37(40(39)47)51-62(59,60)54-13-12-30(45)25-54/h3-10,20-23,30,38,51H,1-2,11-19,24-25H2,(H,48,49)(H,50,57)/t30-,38?/m1/s1. The molecule has 2 atom stereocenters. The number of rotatable bonds is 12. The molecular weight excluding hydrogens is 826 g/mol. The van der Waals surface area contributed by atoms with Crippen LogP contribution in [-0.4, -0.2) is 115 Å². The number of nitrogens with zero attached hydrogens (tertiary/aromatic N) is 5. The normalized spacial score (nSPS) is 19.9. The van der Waals surface area contributed by atoms with Crippen molar-refractivity contribution < 1.29 is 40.7 Å². The predicted octanol–water partition coefficient (Wildman–Crippen LogP) is 5.39. The van der Waals surface area contributed by atoms with Gasteiger partial charge in [0.2, 0.25) is 11.7 Å². The number of pyridine rings is 1. The van der Waals surface area contributed by atoms with Gasteiger partial charge >= 0.3 is 10.2 Å². The average molecular weight is 869 g/mol. The van der Waals surface area contributed by atoms with Crippen molar-refractivity contribution in [2.45, 2.75) is 38.0 Å². The Hall–Kier alpha value is -6.24. The van der Waals surface area contributed by atoms with Crippen molar-refractivity contribution in [2.24, 2.45) is 0 Å². The van der Waals surface area contributed by atoms with Crippen LogP contribution in [0.15, 0.2) is 85.3 Å². The zero-order chi connectivity index (χ0) is 43.3. The number of allylic oxidation sites excluding steroid dienone is 1. The molecule has 1 unspecified atom stereocenters. The van der Waals surface area contributed by atoms with Crippen LogP contribution in [0.4, 0.5) is 24.5 Å². The van der Waals surface area contributed by atoms with Crippen LogP contribution >= 0.6 is 0 Å². The molecule has 3 N–H and O–H groups in total. The third-order valence-corrected chi connectivity index (χ3v) is 13.5. The molecule has 3 fully saturated rings. The number of amides is 2. The smallest absolute Gasteiger partial charge is 0.301 e. The first-order valence-corrected chi connectivity index (χ1v) is 21.8. The van der Waals surface area contributed by atoms with Gasteiger partial charge in [0.05, 0.1) is 11.3 Å². The van der Waals surface area contributed by atoms with E-state index in [-0.39, 0.29) is 30.3 Å². The molecule has 3 aromatic carbocycles. The van der Waals surface area contributed by atoms with Crippen molar-refractivity contribution >= 4 is 50.2 Å². The highest BCUT2D eigenvalue weighted by Gasteiger charge is 2.39. The van der Waals surface area contributed by atoms with E-state index >= 15 is 8.78 Å². The van der Waals surface area contributed by atoms with Gasteiger partial charge in [-0.1, -0.05) is 18.7 Å². The van der Waals surface area contributed by atoms with Crippen molar-refractivity contribution in [1.82, 2.24) is 29.4 Å². The van der Waals surface area contributed by atoms with Gasteiger partial charge in [-0.05, 0) is 78.9 Å². The summed E-state index contributed by atoms with van der Waals surface area (Å²) in [5.41, 5.74) is 3.35. The van der Waals surface area contributed by atoms with Crippen LogP contribution < -0.4 is 19.7 Å². The van der Waals surface area contributed by atoms with Crippen LogP contribution in [0.3, 0.4) is 0 Å². The fourth-order valence-corrected chi connectivity index (χ4v) is 9.80. The lowest BCUT2D eigenvalue weighted by molar-refractivity contribution is -0.126. The van der Waals surface area contributed by atoms with E-state index in [4.69, 9.17) is 4.74 Å². The third kappa shape index (κ3) is 8.00. The first-order valence-electron chi connectivity index (χ1n) is 20.4. The van der Waals surface area contributed by atoms with Crippen molar-refractivity contribution in [1.29, 1.82) is 0 Å². The highest BCUT2D eigenvalue weighted by molar-refractivity contribution is 7.90. The fraction of sp³-hybridized carbons (Fsp3) is 0.318. The number of hydrogen-bond donors (Lipinski definition) is 3. The Labute approximate surface area is 355 Å².